The highest BCUT2D eigenvalue weighted by atomic mass is 35.5. The number of nitrogens with zero attached hydrogens (tertiary/aromatic N) is 2. The van der Waals surface area contributed by atoms with Crippen LogP contribution in [0.5, 0.6) is 5.75 Å². The molecule has 1 aliphatic heterocycles. The van der Waals surface area contributed by atoms with Crippen molar-refractivity contribution in [3.63, 3.8) is 0 Å². The minimum absolute atomic E-state index is 0.111. The fraction of sp³-hybridized carbons (Fsp3) is 0.147. The van der Waals surface area contributed by atoms with Crippen molar-refractivity contribution in [3.05, 3.63) is 144 Å². The number of allylic oxidation sites excluding steroid dienone is 1. The molecule has 0 radical (unpaired) electrons. The molecule has 1 aromatic heterocycles. The molecule has 0 amide bonds. The van der Waals surface area contributed by atoms with E-state index in [0.717, 1.165) is 32.2 Å². The second kappa shape index (κ2) is 12.4. The largest absolute Gasteiger partial charge is 0.488 e. The Balaban J connectivity index is 1.59. The standard InChI is InChI=1S/C34H24ClF3N2O4S/c1-2-43-32(42)28-29(22-12-15-23(35)16-13-22)40-31(41)27(45-33(40)39-30(28)34(36,37)38)18-25-24-11-7-6-10-21(24)14-17-26(25)44-19-20-8-4-3-5-9-20/h3-18,29H,2,19H2,1H3/b27-18-/t29-/m1/s1. The molecule has 228 valence electrons. The van der Waals surface area contributed by atoms with Crippen LogP contribution in [0.4, 0.5) is 13.2 Å². The van der Waals surface area contributed by atoms with Gasteiger partial charge in [0, 0.05) is 10.6 Å². The van der Waals surface area contributed by atoms with Gasteiger partial charge >= 0.3 is 12.1 Å². The van der Waals surface area contributed by atoms with Crippen molar-refractivity contribution >= 4 is 45.8 Å². The van der Waals surface area contributed by atoms with E-state index in [9.17, 15) is 22.8 Å². The van der Waals surface area contributed by atoms with Crippen molar-refractivity contribution in [2.75, 3.05) is 6.61 Å². The van der Waals surface area contributed by atoms with Gasteiger partial charge in [0.15, 0.2) is 10.5 Å². The third kappa shape index (κ3) is 6.03. The molecule has 2 heterocycles. The number of carbonyl (C=O) groups excluding carboxylic acids is 1. The van der Waals surface area contributed by atoms with E-state index in [-0.39, 0.29) is 28.1 Å². The zero-order valence-corrected chi connectivity index (χ0v) is 25.2. The molecule has 0 N–H and O–H groups in total. The summed E-state index contributed by atoms with van der Waals surface area (Å²) in [6.07, 6.45) is -3.40. The highest BCUT2D eigenvalue weighted by Gasteiger charge is 2.45. The number of thiazole rings is 1. The van der Waals surface area contributed by atoms with Crippen molar-refractivity contribution in [2.45, 2.75) is 25.7 Å². The number of alkyl halides is 3. The number of hydrogen-bond acceptors (Lipinski definition) is 6. The Labute approximate surface area is 263 Å². The number of carbonyl (C=O) groups is 1. The predicted molar refractivity (Wildman–Crippen MR) is 167 cm³/mol. The van der Waals surface area contributed by atoms with Crippen LogP contribution in [0.1, 0.15) is 29.7 Å². The van der Waals surface area contributed by atoms with Crippen LogP contribution >= 0.6 is 22.9 Å². The summed E-state index contributed by atoms with van der Waals surface area (Å²) in [5.41, 5.74) is -1.05. The number of halogens is 4. The first-order chi connectivity index (χ1) is 21.7. The molecule has 0 spiro atoms. The highest BCUT2D eigenvalue weighted by molar-refractivity contribution is 7.07. The first-order valence-corrected chi connectivity index (χ1v) is 15.1. The third-order valence-corrected chi connectivity index (χ3v) is 8.46. The predicted octanol–water partition coefficient (Wildman–Crippen LogP) is 6.73. The maximum Gasteiger partial charge on any atom is 0.434 e. The Bertz CT molecular complexity index is 2120. The van der Waals surface area contributed by atoms with E-state index in [0.29, 0.717) is 16.3 Å². The molecule has 6 nitrogen and oxygen atoms in total. The second-order valence-corrected chi connectivity index (χ2v) is 11.5. The first-order valence-electron chi connectivity index (χ1n) is 13.9. The molecule has 11 heteroatoms. The molecule has 0 unspecified atom stereocenters. The van der Waals surface area contributed by atoms with Crippen LogP contribution < -0.4 is 19.6 Å². The summed E-state index contributed by atoms with van der Waals surface area (Å²) in [6.45, 7) is 1.58. The summed E-state index contributed by atoms with van der Waals surface area (Å²) in [5, 5.41) is 2.00. The molecule has 45 heavy (non-hydrogen) atoms. The Kier molecular flexibility index (Phi) is 8.35. The Morgan fingerprint density at radius 3 is 2.42 bits per heavy atom. The summed E-state index contributed by atoms with van der Waals surface area (Å²) >= 11 is 6.87. The van der Waals surface area contributed by atoms with E-state index in [1.54, 1.807) is 12.1 Å². The maximum absolute atomic E-state index is 14.5. The lowest BCUT2D eigenvalue weighted by molar-refractivity contribution is -0.140. The number of esters is 1. The summed E-state index contributed by atoms with van der Waals surface area (Å²) in [7, 11) is 0. The van der Waals surface area contributed by atoms with Gasteiger partial charge in [-0.15, -0.1) is 0 Å². The van der Waals surface area contributed by atoms with Gasteiger partial charge in [0.2, 0.25) is 0 Å². The van der Waals surface area contributed by atoms with Crippen LogP contribution in [-0.2, 0) is 16.1 Å². The lowest BCUT2D eigenvalue weighted by Gasteiger charge is -2.26. The van der Waals surface area contributed by atoms with Gasteiger partial charge in [0.1, 0.15) is 12.4 Å². The van der Waals surface area contributed by atoms with Gasteiger partial charge in [-0.1, -0.05) is 95.7 Å². The molecule has 4 aromatic carbocycles. The average molecular weight is 649 g/mol. The minimum Gasteiger partial charge on any atom is -0.488 e. The van der Waals surface area contributed by atoms with E-state index in [4.69, 9.17) is 21.1 Å². The Hall–Kier alpha value is -4.67. The van der Waals surface area contributed by atoms with E-state index >= 15 is 0 Å². The summed E-state index contributed by atoms with van der Waals surface area (Å²) in [6, 6.07) is 25.2. The van der Waals surface area contributed by atoms with Crippen molar-refractivity contribution < 1.29 is 27.4 Å². The van der Waals surface area contributed by atoms with Gasteiger partial charge in [-0.2, -0.15) is 13.2 Å². The molecule has 1 aliphatic rings. The molecule has 0 aliphatic carbocycles. The monoisotopic (exact) mass is 648 g/mol. The van der Waals surface area contributed by atoms with Crippen LogP contribution in [-0.4, -0.2) is 23.3 Å². The molecule has 0 fully saturated rings. The molecule has 0 bridgehead atoms. The third-order valence-electron chi connectivity index (χ3n) is 7.22. The maximum atomic E-state index is 14.5. The first kappa shape index (κ1) is 30.4. The Morgan fingerprint density at radius 1 is 1.00 bits per heavy atom. The lowest BCUT2D eigenvalue weighted by Crippen LogP contribution is -2.41. The fourth-order valence-corrected chi connectivity index (χ4v) is 6.33. The van der Waals surface area contributed by atoms with Gasteiger partial charge in [-0.3, -0.25) is 9.36 Å². The van der Waals surface area contributed by atoms with E-state index in [1.165, 1.54) is 31.2 Å². The molecule has 1 atom stereocenters. The second-order valence-electron chi connectivity index (χ2n) is 10.1. The van der Waals surface area contributed by atoms with Gasteiger partial charge in [-0.05, 0) is 53.1 Å². The Morgan fingerprint density at radius 2 is 1.71 bits per heavy atom. The number of ether oxygens (including phenoxy) is 2. The van der Waals surface area contributed by atoms with Crippen molar-refractivity contribution in [3.8, 4) is 5.75 Å². The van der Waals surface area contributed by atoms with Gasteiger partial charge in [0.05, 0.1) is 22.8 Å². The molecule has 6 rings (SSSR count). The average Bonchev–Trinajstić information content (AvgIpc) is 3.34. The zero-order valence-electron chi connectivity index (χ0n) is 23.7. The minimum atomic E-state index is -5.00. The molecule has 0 saturated carbocycles. The molecular weight excluding hydrogens is 625 g/mol. The van der Waals surface area contributed by atoms with Crippen molar-refractivity contribution in [2.24, 2.45) is 4.99 Å². The van der Waals surface area contributed by atoms with Gasteiger partial charge in [0.25, 0.3) is 5.56 Å². The summed E-state index contributed by atoms with van der Waals surface area (Å²) < 4.78 is 55.8. The van der Waals surface area contributed by atoms with E-state index in [2.05, 4.69) is 4.99 Å². The van der Waals surface area contributed by atoms with Gasteiger partial charge < -0.3 is 9.47 Å². The van der Waals surface area contributed by atoms with Crippen molar-refractivity contribution in [1.82, 2.24) is 4.57 Å². The SMILES string of the molecule is CCOC(=O)C1=C(C(F)(F)F)N=c2s/c(=C\c3c(OCc4ccccc4)ccc4ccccc34)c(=O)n2[C@@H]1c1ccc(Cl)cc1. The van der Waals surface area contributed by atoms with Crippen LogP contribution in [0.15, 0.2) is 112 Å². The molecule has 0 saturated heterocycles. The van der Waals surface area contributed by atoms with Crippen LogP contribution in [0, 0.1) is 0 Å². The number of aromatic nitrogens is 1. The lowest BCUT2D eigenvalue weighted by atomic mass is 9.95. The quantitative estimate of drug-likeness (QED) is 0.184. The smallest absolute Gasteiger partial charge is 0.434 e. The van der Waals surface area contributed by atoms with Crippen LogP contribution in [0.3, 0.4) is 0 Å². The van der Waals surface area contributed by atoms with Crippen molar-refractivity contribution in [1.29, 1.82) is 0 Å². The zero-order chi connectivity index (χ0) is 31.7. The summed E-state index contributed by atoms with van der Waals surface area (Å²) in [5.74, 6) is -0.728. The topological polar surface area (TPSA) is 69.9 Å². The number of hydrogen-bond donors (Lipinski definition) is 0. The van der Waals surface area contributed by atoms with Crippen LogP contribution in [0.25, 0.3) is 16.8 Å². The number of fused-ring (bicyclic) bond motifs is 2. The van der Waals surface area contributed by atoms with E-state index < -0.39 is 35.0 Å². The number of benzene rings is 4. The van der Waals surface area contributed by atoms with Gasteiger partial charge in [-0.25, -0.2) is 9.79 Å². The highest BCUT2D eigenvalue weighted by Crippen LogP contribution is 2.38. The molecular formula is C34H24ClF3N2O4S. The number of rotatable bonds is 7. The van der Waals surface area contributed by atoms with E-state index in [1.807, 2.05) is 60.7 Å². The fourth-order valence-electron chi connectivity index (χ4n) is 5.22. The summed E-state index contributed by atoms with van der Waals surface area (Å²) in [4.78, 5) is 30.9. The normalized spacial score (nSPS) is 15.1. The molecule has 5 aromatic rings. The van der Waals surface area contributed by atoms with Crippen LogP contribution in [0.2, 0.25) is 5.02 Å².